The molecule has 66 valence electrons. The van der Waals surface area contributed by atoms with Gasteiger partial charge in [0.05, 0.1) is 5.69 Å². The first-order chi connectivity index (χ1) is 6.27. The number of rotatable bonds is 1. The molecule has 0 fully saturated rings. The fraction of sp³-hybridized carbons (Fsp3) is 0. The van der Waals surface area contributed by atoms with E-state index in [1.54, 1.807) is 6.20 Å². The normalized spacial score (nSPS) is 10.2. The number of hydrogen-bond acceptors (Lipinski definition) is 3. The van der Waals surface area contributed by atoms with Gasteiger partial charge in [0.25, 0.3) is 0 Å². The molecule has 4 heteroatoms. The summed E-state index contributed by atoms with van der Waals surface area (Å²) in [5.74, 6) is 0. The first-order valence-corrected chi connectivity index (χ1v) is 3.92. The van der Waals surface area contributed by atoms with E-state index in [1.807, 2.05) is 24.3 Å². The van der Waals surface area contributed by atoms with Crippen LogP contribution in [0.2, 0.25) is 0 Å². The first-order valence-electron chi connectivity index (χ1n) is 3.92. The fourth-order valence-corrected chi connectivity index (χ4v) is 1.17. The van der Waals surface area contributed by atoms with Gasteiger partial charge in [0, 0.05) is 17.4 Å². The molecule has 0 radical (unpaired) electrons. The molecule has 0 unspecified atom stereocenters. The summed E-state index contributed by atoms with van der Waals surface area (Å²) in [6.45, 7) is 0. The summed E-state index contributed by atoms with van der Waals surface area (Å²) < 4.78 is 0. The van der Waals surface area contributed by atoms with E-state index in [1.165, 1.54) is 0 Å². The van der Waals surface area contributed by atoms with E-state index >= 15 is 0 Å². The Balaban J connectivity index is 2.47. The molecule has 0 saturated heterocycles. The van der Waals surface area contributed by atoms with Gasteiger partial charge in [-0.3, -0.25) is 5.10 Å². The Morgan fingerprint density at radius 3 is 2.31 bits per heavy atom. The van der Waals surface area contributed by atoms with E-state index in [0.29, 0.717) is 5.69 Å². The van der Waals surface area contributed by atoms with Gasteiger partial charge in [0.15, 0.2) is 0 Å². The van der Waals surface area contributed by atoms with Crippen LogP contribution in [-0.4, -0.2) is 10.2 Å². The molecule has 4 nitrogen and oxygen atoms in total. The maximum atomic E-state index is 5.69. The number of hydrogen-bond donors (Lipinski definition) is 3. The highest BCUT2D eigenvalue weighted by Crippen LogP contribution is 2.23. The molecule has 0 atom stereocenters. The van der Waals surface area contributed by atoms with Gasteiger partial charge < -0.3 is 11.5 Å². The molecule has 13 heavy (non-hydrogen) atoms. The lowest BCUT2D eigenvalue weighted by molar-refractivity contribution is 1.10. The molecule has 0 spiro atoms. The Bertz CT molecular complexity index is 402. The van der Waals surface area contributed by atoms with E-state index < -0.39 is 0 Å². The van der Waals surface area contributed by atoms with E-state index in [9.17, 15) is 0 Å². The molecule has 2 rings (SSSR count). The lowest BCUT2D eigenvalue weighted by Gasteiger charge is -1.98. The molecular formula is C9H10N4. The summed E-state index contributed by atoms with van der Waals surface area (Å²) in [5.41, 5.74) is 14.4. The van der Waals surface area contributed by atoms with Gasteiger partial charge in [-0.1, -0.05) is 12.1 Å². The van der Waals surface area contributed by atoms with Crippen LogP contribution in [0.25, 0.3) is 11.3 Å². The van der Waals surface area contributed by atoms with Crippen molar-refractivity contribution in [1.82, 2.24) is 10.2 Å². The van der Waals surface area contributed by atoms with Gasteiger partial charge in [-0.2, -0.15) is 5.10 Å². The van der Waals surface area contributed by atoms with Crippen LogP contribution >= 0.6 is 0 Å². The Hall–Kier alpha value is -1.97. The summed E-state index contributed by atoms with van der Waals surface area (Å²) in [6, 6.07) is 7.43. The molecule has 1 heterocycles. The second kappa shape index (κ2) is 2.82. The number of benzene rings is 1. The SMILES string of the molecule is Nc1ccc(-c2n[nH]cc2N)cc1. The van der Waals surface area contributed by atoms with E-state index in [-0.39, 0.29) is 0 Å². The molecule has 0 aliphatic rings. The number of nitrogens with zero attached hydrogens (tertiary/aromatic N) is 1. The van der Waals surface area contributed by atoms with Crippen molar-refractivity contribution in [1.29, 1.82) is 0 Å². The lowest BCUT2D eigenvalue weighted by atomic mass is 10.1. The molecule has 0 bridgehead atoms. The monoisotopic (exact) mass is 174 g/mol. The predicted octanol–water partition coefficient (Wildman–Crippen LogP) is 1.24. The van der Waals surface area contributed by atoms with Crippen LogP contribution in [0.5, 0.6) is 0 Å². The third kappa shape index (κ3) is 1.33. The van der Waals surface area contributed by atoms with Crippen molar-refractivity contribution in [3.63, 3.8) is 0 Å². The maximum absolute atomic E-state index is 5.69. The smallest absolute Gasteiger partial charge is 0.115 e. The van der Waals surface area contributed by atoms with Gasteiger partial charge in [-0.25, -0.2) is 0 Å². The van der Waals surface area contributed by atoms with Crippen LogP contribution in [0.15, 0.2) is 30.5 Å². The predicted molar refractivity (Wildman–Crippen MR) is 52.8 cm³/mol. The number of aromatic amines is 1. The fourth-order valence-electron chi connectivity index (χ4n) is 1.17. The Morgan fingerprint density at radius 1 is 1.08 bits per heavy atom. The van der Waals surface area contributed by atoms with Crippen molar-refractivity contribution in [2.45, 2.75) is 0 Å². The van der Waals surface area contributed by atoms with Crippen LogP contribution in [0.3, 0.4) is 0 Å². The first kappa shape index (κ1) is 7.67. The average Bonchev–Trinajstić information content (AvgIpc) is 2.53. The zero-order chi connectivity index (χ0) is 9.26. The van der Waals surface area contributed by atoms with Crippen LogP contribution in [0.4, 0.5) is 11.4 Å². The van der Waals surface area contributed by atoms with Crippen LogP contribution in [-0.2, 0) is 0 Å². The molecular weight excluding hydrogens is 164 g/mol. The molecule has 0 saturated carbocycles. The van der Waals surface area contributed by atoms with Gasteiger partial charge in [-0.05, 0) is 12.1 Å². The molecule has 1 aromatic heterocycles. The number of H-pyrrole nitrogens is 1. The number of aromatic nitrogens is 2. The number of nitrogen functional groups attached to an aromatic ring is 2. The Morgan fingerprint density at radius 2 is 1.77 bits per heavy atom. The second-order valence-electron chi connectivity index (χ2n) is 2.81. The third-order valence-corrected chi connectivity index (χ3v) is 1.85. The summed E-state index contributed by atoms with van der Waals surface area (Å²) in [5, 5.41) is 6.73. The molecule has 1 aromatic carbocycles. The minimum atomic E-state index is 0.643. The highest BCUT2D eigenvalue weighted by atomic mass is 15.1. The van der Waals surface area contributed by atoms with Gasteiger partial charge >= 0.3 is 0 Å². The number of nitrogens with one attached hydrogen (secondary N) is 1. The Kier molecular flexibility index (Phi) is 1.66. The number of anilines is 2. The molecule has 0 aliphatic carbocycles. The zero-order valence-electron chi connectivity index (χ0n) is 6.99. The molecule has 5 N–H and O–H groups in total. The highest BCUT2D eigenvalue weighted by Gasteiger charge is 2.03. The van der Waals surface area contributed by atoms with Crippen molar-refractivity contribution in [2.75, 3.05) is 11.5 Å². The van der Waals surface area contributed by atoms with Crippen molar-refractivity contribution in [2.24, 2.45) is 0 Å². The van der Waals surface area contributed by atoms with Crippen molar-refractivity contribution < 1.29 is 0 Å². The van der Waals surface area contributed by atoms with Crippen molar-refractivity contribution in [3.05, 3.63) is 30.5 Å². The summed E-state index contributed by atoms with van der Waals surface area (Å²) in [4.78, 5) is 0. The number of nitrogens with two attached hydrogens (primary N) is 2. The van der Waals surface area contributed by atoms with Gasteiger partial charge in [0.2, 0.25) is 0 Å². The summed E-state index contributed by atoms with van der Waals surface area (Å²) >= 11 is 0. The molecule has 2 aromatic rings. The maximum Gasteiger partial charge on any atom is 0.115 e. The average molecular weight is 174 g/mol. The lowest BCUT2D eigenvalue weighted by Crippen LogP contribution is -1.88. The quantitative estimate of drug-likeness (QED) is 0.569. The van der Waals surface area contributed by atoms with Crippen molar-refractivity contribution in [3.8, 4) is 11.3 Å². The van der Waals surface area contributed by atoms with Gasteiger partial charge in [-0.15, -0.1) is 0 Å². The van der Waals surface area contributed by atoms with Crippen LogP contribution in [0.1, 0.15) is 0 Å². The molecule has 0 amide bonds. The molecule has 0 aliphatic heterocycles. The third-order valence-electron chi connectivity index (χ3n) is 1.85. The summed E-state index contributed by atoms with van der Waals surface area (Å²) in [7, 11) is 0. The largest absolute Gasteiger partial charge is 0.399 e. The van der Waals surface area contributed by atoms with E-state index in [0.717, 1.165) is 16.9 Å². The highest BCUT2D eigenvalue weighted by molar-refractivity contribution is 5.72. The van der Waals surface area contributed by atoms with E-state index in [2.05, 4.69) is 10.2 Å². The Labute approximate surface area is 75.6 Å². The minimum absolute atomic E-state index is 0.643. The van der Waals surface area contributed by atoms with Crippen LogP contribution < -0.4 is 11.5 Å². The zero-order valence-corrected chi connectivity index (χ0v) is 6.99. The van der Waals surface area contributed by atoms with E-state index in [4.69, 9.17) is 11.5 Å². The topological polar surface area (TPSA) is 80.7 Å². The standard InChI is InChI=1S/C9H10N4/c10-7-3-1-6(2-4-7)9-8(11)5-12-13-9/h1-5H,10-11H2,(H,12,13). The van der Waals surface area contributed by atoms with Crippen LogP contribution in [0, 0.1) is 0 Å². The summed E-state index contributed by atoms with van der Waals surface area (Å²) in [6.07, 6.45) is 1.66. The van der Waals surface area contributed by atoms with Gasteiger partial charge in [0.1, 0.15) is 5.69 Å². The second-order valence-corrected chi connectivity index (χ2v) is 2.81. The van der Waals surface area contributed by atoms with Crippen molar-refractivity contribution >= 4 is 11.4 Å². The minimum Gasteiger partial charge on any atom is -0.399 e.